The lowest BCUT2D eigenvalue weighted by Crippen LogP contribution is -2.59. The van der Waals surface area contributed by atoms with Gasteiger partial charge in [0.1, 0.15) is 6.04 Å². The van der Waals surface area contributed by atoms with Gasteiger partial charge in [-0.25, -0.2) is 0 Å². The zero-order valence-corrected chi connectivity index (χ0v) is 23.9. The molecule has 9 heteroatoms. The Kier molecular flexibility index (Phi) is 16.0. The van der Waals surface area contributed by atoms with Crippen molar-refractivity contribution in [1.29, 1.82) is 0 Å². The van der Waals surface area contributed by atoms with Gasteiger partial charge in [-0.3, -0.25) is 19.3 Å². The molecule has 0 radical (unpaired) electrons. The molecule has 0 saturated heterocycles. The summed E-state index contributed by atoms with van der Waals surface area (Å²) in [6.45, 7) is 13.7. The fourth-order valence-corrected chi connectivity index (χ4v) is 4.71. The van der Waals surface area contributed by atoms with Gasteiger partial charge in [-0.2, -0.15) is 0 Å². The molecule has 0 unspecified atom stereocenters. The molecule has 4 N–H and O–H groups in total. The van der Waals surface area contributed by atoms with E-state index in [9.17, 15) is 14.4 Å². The van der Waals surface area contributed by atoms with Crippen molar-refractivity contribution in [3.05, 3.63) is 0 Å². The van der Waals surface area contributed by atoms with Crippen LogP contribution < -0.4 is 16.4 Å². The lowest BCUT2D eigenvalue weighted by atomic mass is 9.89. The molecule has 0 aromatic heterocycles. The van der Waals surface area contributed by atoms with Crippen molar-refractivity contribution in [2.45, 2.75) is 91.5 Å². The minimum Gasteiger partial charge on any atom is -0.379 e. The van der Waals surface area contributed by atoms with E-state index < -0.39 is 18.1 Å². The number of hydrogen-bond acceptors (Lipinski definition) is 6. The molecule has 5 atom stereocenters. The van der Waals surface area contributed by atoms with E-state index in [-0.39, 0.29) is 48.1 Å². The number of unbranched alkanes of at least 4 members (excludes halogenated alkanes) is 1. The highest BCUT2D eigenvalue weighted by atomic mass is 16.5. The number of methoxy groups -OCH3 is 1. The Morgan fingerprint density at radius 3 is 2.03 bits per heavy atom. The number of likely N-dealkylation sites (N-methyl/N-ethyl adjacent to an activating group) is 2. The van der Waals surface area contributed by atoms with Crippen LogP contribution in [0.5, 0.6) is 0 Å². The first-order valence-corrected chi connectivity index (χ1v) is 13.1. The van der Waals surface area contributed by atoms with Gasteiger partial charge in [0.15, 0.2) is 0 Å². The highest BCUT2D eigenvalue weighted by Gasteiger charge is 2.38. The summed E-state index contributed by atoms with van der Waals surface area (Å²) < 4.78 is 5.60. The molecule has 0 aliphatic carbocycles. The molecule has 0 fully saturated rings. The van der Waals surface area contributed by atoms with Gasteiger partial charge < -0.3 is 26.0 Å². The fourth-order valence-electron chi connectivity index (χ4n) is 4.71. The second-order valence-electron chi connectivity index (χ2n) is 10.5. The zero-order chi connectivity index (χ0) is 27.3. The first-order valence-electron chi connectivity index (χ1n) is 13.1. The van der Waals surface area contributed by atoms with Crippen LogP contribution in [0.2, 0.25) is 0 Å². The minimum atomic E-state index is -0.691. The second-order valence-corrected chi connectivity index (χ2v) is 10.5. The normalized spacial score (nSPS) is 16.1. The van der Waals surface area contributed by atoms with Crippen molar-refractivity contribution in [2.75, 3.05) is 41.3 Å². The van der Waals surface area contributed by atoms with E-state index in [2.05, 4.69) is 15.5 Å². The number of nitrogens with two attached hydrogens (primary N) is 1. The number of carbonyl (C=O) groups is 3. The third-order valence-corrected chi connectivity index (χ3v) is 6.90. The number of nitrogens with zero attached hydrogens (tertiary/aromatic N) is 2. The van der Waals surface area contributed by atoms with Crippen LogP contribution in [0.1, 0.15) is 67.2 Å². The quantitative estimate of drug-likeness (QED) is 0.248. The van der Waals surface area contributed by atoms with Crippen LogP contribution in [0, 0.1) is 17.8 Å². The maximum absolute atomic E-state index is 13.7. The van der Waals surface area contributed by atoms with Crippen molar-refractivity contribution in [3.8, 4) is 0 Å². The van der Waals surface area contributed by atoms with Crippen LogP contribution in [0.3, 0.4) is 0 Å². The molecule has 0 aromatic carbocycles. The molecule has 0 heterocycles. The largest absolute Gasteiger partial charge is 0.379 e. The SMILES string of the molecule is CC[C@H](C)[C@@H]([C@@H](CC(N)=O)OC)N(C)C(=O)[C@@H](NC(=O)[C@H](C(C)C)N(C)CCCCNC)C(C)C. The van der Waals surface area contributed by atoms with Gasteiger partial charge in [0.05, 0.1) is 24.6 Å². The van der Waals surface area contributed by atoms with E-state index in [1.807, 2.05) is 55.6 Å². The Labute approximate surface area is 213 Å². The Hall–Kier alpha value is -1.71. The van der Waals surface area contributed by atoms with Crippen LogP contribution in [0.25, 0.3) is 0 Å². The van der Waals surface area contributed by atoms with E-state index in [4.69, 9.17) is 10.5 Å². The molecule has 206 valence electrons. The molecule has 3 amide bonds. The van der Waals surface area contributed by atoms with Crippen LogP contribution in [0.4, 0.5) is 0 Å². The lowest BCUT2D eigenvalue weighted by molar-refractivity contribution is -0.144. The lowest BCUT2D eigenvalue weighted by Gasteiger charge is -2.40. The van der Waals surface area contributed by atoms with Crippen molar-refractivity contribution in [2.24, 2.45) is 23.5 Å². The molecule has 0 aliphatic heterocycles. The number of carbonyl (C=O) groups excluding carboxylic acids is 3. The average Bonchev–Trinajstić information content (AvgIpc) is 2.78. The topological polar surface area (TPSA) is 117 Å². The smallest absolute Gasteiger partial charge is 0.245 e. The summed E-state index contributed by atoms with van der Waals surface area (Å²) in [4.78, 5) is 42.5. The van der Waals surface area contributed by atoms with Crippen LogP contribution in [0.15, 0.2) is 0 Å². The number of nitrogens with one attached hydrogen (secondary N) is 2. The van der Waals surface area contributed by atoms with Crippen LogP contribution in [-0.4, -0.2) is 93.1 Å². The Morgan fingerprint density at radius 2 is 1.60 bits per heavy atom. The number of primary amides is 1. The van der Waals surface area contributed by atoms with Gasteiger partial charge in [-0.15, -0.1) is 0 Å². The zero-order valence-electron chi connectivity index (χ0n) is 23.9. The predicted octanol–water partition coefficient (Wildman–Crippen LogP) is 1.85. The molecule has 0 spiro atoms. The third kappa shape index (κ3) is 10.8. The number of amides is 3. The van der Waals surface area contributed by atoms with Gasteiger partial charge in [-0.1, -0.05) is 48.0 Å². The molecular formula is C26H53N5O4. The van der Waals surface area contributed by atoms with E-state index in [1.54, 1.807) is 11.9 Å². The summed E-state index contributed by atoms with van der Waals surface area (Å²) in [5.41, 5.74) is 5.45. The van der Waals surface area contributed by atoms with Crippen molar-refractivity contribution in [3.63, 3.8) is 0 Å². The second kappa shape index (κ2) is 16.9. The van der Waals surface area contributed by atoms with Gasteiger partial charge in [0, 0.05) is 14.2 Å². The van der Waals surface area contributed by atoms with Crippen LogP contribution in [-0.2, 0) is 19.1 Å². The number of hydrogen-bond donors (Lipinski definition) is 3. The fraction of sp³-hybridized carbons (Fsp3) is 0.885. The molecule has 0 aromatic rings. The molecule has 0 bridgehead atoms. The molecule has 0 rings (SSSR count). The number of rotatable bonds is 18. The molecule has 0 aliphatic rings. The van der Waals surface area contributed by atoms with Gasteiger partial charge in [0.25, 0.3) is 0 Å². The maximum atomic E-state index is 13.7. The molecule has 9 nitrogen and oxygen atoms in total. The summed E-state index contributed by atoms with van der Waals surface area (Å²) in [6.07, 6.45) is 2.32. The maximum Gasteiger partial charge on any atom is 0.245 e. The average molecular weight is 500 g/mol. The number of ether oxygens (including phenoxy) is 1. The molecular weight excluding hydrogens is 446 g/mol. The molecule has 35 heavy (non-hydrogen) atoms. The predicted molar refractivity (Wildman–Crippen MR) is 142 cm³/mol. The van der Waals surface area contributed by atoms with E-state index in [0.717, 1.165) is 32.4 Å². The Morgan fingerprint density at radius 1 is 1.00 bits per heavy atom. The van der Waals surface area contributed by atoms with Gasteiger partial charge in [0.2, 0.25) is 17.7 Å². The first kappa shape index (κ1) is 33.3. The van der Waals surface area contributed by atoms with E-state index in [1.165, 1.54) is 7.11 Å². The Balaban J connectivity index is 5.74. The minimum absolute atomic E-state index is 0.0234. The van der Waals surface area contributed by atoms with E-state index >= 15 is 0 Å². The summed E-state index contributed by atoms with van der Waals surface area (Å²) in [5.74, 6) is -0.758. The third-order valence-electron chi connectivity index (χ3n) is 6.90. The van der Waals surface area contributed by atoms with Gasteiger partial charge >= 0.3 is 0 Å². The summed E-state index contributed by atoms with van der Waals surface area (Å²) >= 11 is 0. The summed E-state index contributed by atoms with van der Waals surface area (Å²) in [5, 5.41) is 6.20. The standard InChI is InChI=1S/C26H53N5O4/c1-11-19(6)24(20(35-10)16-21(27)32)31(9)26(34)22(17(2)3)29-25(33)23(18(4)5)30(8)15-13-12-14-28-7/h17-20,22-24,28H,11-16H2,1-10H3,(H2,27,32)(H,29,33)/t19-,20+,22-,23-,24-/m0/s1. The monoisotopic (exact) mass is 499 g/mol. The van der Waals surface area contributed by atoms with E-state index in [0.29, 0.717) is 0 Å². The highest BCUT2D eigenvalue weighted by Crippen LogP contribution is 2.23. The van der Waals surface area contributed by atoms with Crippen LogP contribution >= 0.6 is 0 Å². The first-order chi connectivity index (χ1) is 16.3. The van der Waals surface area contributed by atoms with Crippen molar-refractivity contribution in [1.82, 2.24) is 20.4 Å². The summed E-state index contributed by atoms with van der Waals surface area (Å²) in [7, 11) is 7.15. The Bertz CT molecular complexity index is 643. The highest BCUT2D eigenvalue weighted by molar-refractivity contribution is 5.90. The van der Waals surface area contributed by atoms with Crippen molar-refractivity contribution >= 4 is 17.7 Å². The van der Waals surface area contributed by atoms with Gasteiger partial charge in [-0.05, 0) is 57.8 Å². The summed E-state index contributed by atoms with van der Waals surface area (Å²) in [6, 6.07) is -1.38. The molecule has 0 saturated carbocycles. The van der Waals surface area contributed by atoms with Crippen molar-refractivity contribution < 1.29 is 19.1 Å².